The number of fused-ring (bicyclic) bond motifs is 1. The fourth-order valence-corrected chi connectivity index (χ4v) is 3.57. The minimum atomic E-state index is -0.740. The molecule has 0 radical (unpaired) electrons. The summed E-state index contributed by atoms with van der Waals surface area (Å²) in [5, 5.41) is 3.97. The van der Waals surface area contributed by atoms with E-state index in [1.165, 1.54) is 25.0 Å². The second-order valence-electron chi connectivity index (χ2n) is 4.96. The summed E-state index contributed by atoms with van der Waals surface area (Å²) in [6.45, 7) is 2.14. The number of benzene rings is 1. The molecule has 2 atom stereocenters. The van der Waals surface area contributed by atoms with Crippen LogP contribution in [0.5, 0.6) is 0 Å². The molecule has 1 aromatic carbocycles. The molecule has 1 aromatic rings. The van der Waals surface area contributed by atoms with E-state index in [4.69, 9.17) is 0 Å². The molecule has 3 rings (SSSR count). The minimum Gasteiger partial charge on any atom is -0.307 e. The van der Waals surface area contributed by atoms with Gasteiger partial charge in [-0.25, -0.2) is 8.78 Å². The Hall–Kier alpha value is -0.610. The predicted octanol–water partition coefficient (Wildman–Crippen LogP) is 3.64. The van der Waals surface area contributed by atoms with Gasteiger partial charge in [-0.3, -0.25) is 0 Å². The zero-order chi connectivity index (χ0) is 12.0. The second-order valence-corrected chi connectivity index (χ2v) is 6.44. The lowest BCUT2D eigenvalue weighted by molar-refractivity contribution is 0.464. The Bertz CT molecular complexity index is 445. The highest BCUT2D eigenvalue weighted by atomic mass is 32.2. The van der Waals surface area contributed by atoms with E-state index in [1.54, 1.807) is 11.8 Å². The summed E-state index contributed by atoms with van der Waals surface area (Å²) in [7, 11) is 0. The lowest BCUT2D eigenvalue weighted by Crippen LogP contribution is -2.29. The van der Waals surface area contributed by atoms with Crippen LogP contribution < -0.4 is 5.32 Å². The van der Waals surface area contributed by atoms with Crippen LogP contribution in [0.4, 0.5) is 8.78 Å². The molecular formula is C13H15F2NS. The van der Waals surface area contributed by atoms with Crippen molar-refractivity contribution in [3.8, 4) is 0 Å². The summed E-state index contributed by atoms with van der Waals surface area (Å²) >= 11 is 1.64. The van der Waals surface area contributed by atoms with E-state index >= 15 is 0 Å². The van der Waals surface area contributed by atoms with Gasteiger partial charge in [0.25, 0.3) is 0 Å². The molecule has 0 amide bonds. The van der Waals surface area contributed by atoms with Gasteiger partial charge in [-0.2, -0.15) is 0 Å². The van der Waals surface area contributed by atoms with Crippen LogP contribution in [0.3, 0.4) is 0 Å². The van der Waals surface area contributed by atoms with Crippen LogP contribution in [0.25, 0.3) is 0 Å². The molecule has 1 aliphatic carbocycles. The molecule has 92 valence electrons. The van der Waals surface area contributed by atoms with E-state index in [-0.39, 0.29) is 6.04 Å². The average Bonchev–Trinajstić information content (AvgIpc) is 3.05. The molecule has 1 N–H and O–H groups in total. The summed E-state index contributed by atoms with van der Waals surface area (Å²) < 4.78 is 26.5. The van der Waals surface area contributed by atoms with Gasteiger partial charge < -0.3 is 5.32 Å². The first-order chi connectivity index (χ1) is 8.13. The largest absolute Gasteiger partial charge is 0.307 e. The third-order valence-corrected chi connectivity index (χ3v) is 4.54. The molecule has 1 aliphatic heterocycles. The third kappa shape index (κ3) is 2.33. The van der Waals surface area contributed by atoms with Crippen LogP contribution in [0, 0.1) is 11.6 Å². The first-order valence-electron chi connectivity index (χ1n) is 6.05. The Morgan fingerprint density at radius 2 is 1.94 bits per heavy atom. The van der Waals surface area contributed by atoms with E-state index in [1.807, 2.05) is 0 Å². The number of halogens is 2. The molecule has 2 aliphatic rings. The maximum absolute atomic E-state index is 13.3. The Morgan fingerprint density at radius 1 is 1.24 bits per heavy atom. The van der Waals surface area contributed by atoms with Gasteiger partial charge in [-0.05, 0) is 37.0 Å². The van der Waals surface area contributed by atoms with Gasteiger partial charge in [0.2, 0.25) is 0 Å². The van der Waals surface area contributed by atoms with E-state index in [0.717, 1.165) is 16.9 Å². The molecule has 4 heteroatoms. The van der Waals surface area contributed by atoms with Gasteiger partial charge in [0.15, 0.2) is 11.6 Å². The van der Waals surface area contributed by atoms with Crippen LogP contribution in [-0.4, -0.2) is 11.3 Å². The molecule has 0 aromatic heterocycles. The van der Waals surface area contributed by atoms with Crippen LogP contribution in [-0.2, 0) is 0 Å². The SMILES string of the molecule is CC1CC(NC2CC2)c2cc(F)c(F)cc2S1. The van der Waals surface area contributed by atoms with E-state index in [2.05, 4.69) is 12.2 Å². The van der Waals surface area contributed by atoms with Crippen LogP contribution >= 0.6 is 11.8 Å². The second kappa shape index (κ2) is 4.25. The normalized spacial score (nSPS) is 27.9. The molecule has 2 unspecified atom stereocenters. The summed E-state index contributed by atoms with van der Waals surface area (Å²) in [4.78, 5) is 0.890. The monoisotopic (exact) mass is 255 g/mol. The number of thioether (sulfide) groups is 1. The van der Waals surface area contributed by atoms with Crippen molar-refractivity contribution in [2.75, 3.05) is 0 Å². The van der Waals surface area contributed by atoms with Crippen LogP contribution in [0.1, 0.15) is 37.8 Å². The maximum Gasteiger partial charge on any atom is 0.159 e. The number of rotatable bonds is 2. The van der Waals surface area contributed by atoms with Crippen molar-refractivity contribution in [3.63, 3.8) is 0 Å². The lowest BCUT2D eigenvalue weighted by Gasteiger charge is -2.30. The zero-order valence-corrected chi connectivity index (χ0v) is 10.5. The van der Waals surface area contributed by atoms with Crippen molar-refractivity contribution in [1.82, 2.24) is 5.32 Å². The van der Waals surface area contributed by atoms with Crippen molar-refractivity contribution >= 4 is 11.8 Å². The highest BCUT2D eigenvalue weighted by Gasteiger charge is 2.31. The number of nitrogens with one attached hydrogen (secondary N) is 1. The van der Waals surface area contributed by atoms with Crippen molar-refractivity contribution in [2.24, 2.45) is 0 Å². The van der Waals surface area contributed by atoms with E-state index in [9.17, 15) is 8.78 Å². The van der Waals surface area contributed by atoms with Crippen molar-refractivity contribution in [2.45, 2.75) is 48.4 Å². The van der Waals surface area contributed by atoms with Gasteiger partial charge in [0.1, 0.15) is 0 Å². The molecule has 0 bridgehead atoms. The number of hydrogen-bond acceptors (Lipinski definition) is 2. The zero-order valence-electron chi connectivity index (χ0n) is 9.67. The quantitative estimate of drug-likeness (QED) is 0.866. The van der Waals surface area contributed by atoms with Gasteiger partial charge >= 0.3 is 0 Å². The molecule has 1 nitrogen and oxygen atoms in total. The van der Waals surface area contributed by atoms with E-state index in [0.29, 0.717) is 11.3 Å². The highest BCUT2D eigenvalue weighted by molar-refractivity contribution is 8.00. The Morgan fingerprint density at radius 3 is 2.65 bits per heavy atom. The van der Waals surface area contributed by atoms with Crippen LogP contribution in [0.15, 0.2) is 17.0 Å². The predicted molar refractivity (Wildman–Crippen MR) is 65.2 cm³/mol. The minimum absolute atomic E-state index is 0.184. The number of hydrogen-bond donors (Lipinski definition) is 1. The molecule has 17 heavy (non-hydrogen) atoms. The molecule has 1 heterocycles. The maximum atomic E-state index is 13.3. The van der Waals surface area contributed by atoms with Gasteiger partial charge in [-0.1, -0.05) is 6.92 Å². The smallest absolute Gasteiger partial charge is 0.159 e. The molecule has 1 fully saturated rings. The topological polar surface area (TPSA) is 12.0 Å². The summed E-state index contributed by atoms with van der Waals surface area (Å²) in [5.74, 6) is -1.47. The van der Waals surface area contributed by atoms with Gasteiger partial charge in [0.05, 0.1) is 0 Å². The fraction of sp³-hybridized carbons (Fsp3) is 0.538. The first kappa shape index (κ1) is 11.5. The molecular weight excluding hydrogens is 240 g/mol. The highest BCUT2D eigenvalue weighted by Crippen LogP contribution is 2.42. The van der Waals surface area contributed by atoms with E-state index < -0.39 is 11.6 Å². The molecule has 0 saturated heterocycles. The van der Waals surface area contributed by atoms with Crippen LogP contribution in [0.2, 0.25) is 0 Å². The van der Waals surface area contributed by atoms with Gasteiger partial charge in [-0.15, -0.1) is 11.8 Å². The molecule has 1 saturated carbocycles. The standard InChI is InChI=1S/C13H15F2NS/c1-7-4-12(16-8-2-3-8)9-5-10(14)11(15)6-13(9)17-7/h5-8,12,16H,2-4H2,1H3. The lowest BCUT2D eigenvalue weighted by atomic mass is 10.0. The molecule has 0 spiro atoms. The summed E-state index contributed by atoms with van der Waals surface area (Å²) in [6, 6.07) is 3.47. The third-order valence-electron chi connectivity index (χ3n) is 3.34. The van der Waals surface area contributed by atoms with Gasteiger partial charge in [0, 0.05) is 22.2 Å². The Balaban J connectivity index is 1.95. The van der Waals surface area contributed by atoms with Crippen molar-refractivity contribution < 1.29 is 8.78 Å². The fourth-order valence-electron chi connectivity index (χ4n) is 2.33. The summed E-state index contributed by atoms with van der Waals surface area (Å²) in [6.07, 6.45) is 3.40. The Kier molecular flexibility index (Phi) is 2.87. The summed E-state index contributed by atoms with van der Waals surface area (Å²) in [5.41, 5.74) is 0.930. The first-order valence-corrected chi connectivity index (χ1v) is 6.93. The average molecular weight is 255 g/mol. The van der Waals surface area contributed by atoms with Crippen molar-refractivity contribution in [1.29, 1.82) is 0 Å². The van der Waals surface area contributed by atoms with Crippen molar-refractivity contribution in [3.05, 3.63) is 29.3 Å². The Labute approximate surface area is 104 Å².